The molecule has 5 aromatic rings. The van der Waals surface area contributed by atoms with Crippen molar-refractivity contribution in [3.63, 3.8) is 0 Å². The monoisotopic (exact) mass is 616 g/mol. The lowest BCUT2D eigenvalue weighted by molar-refractivity contribution is 0.0902. The van der Waals surface area contributed by atoms with Gasteiger partial charge >= 0.3 is 0 Å². The summed E-state index contributed by atoms with van der Waals surface area (Å²) in [5.74, 6) is 1.73. The van der Waals surface area contributed by atoms with Gasteiger partial charge in [0.05, 0.1) is 0 Å². The molecule has 224 valence electrons. The lowest BCUT2D eigenvalue weighted by atomic mass is 9.75. The Hall–Kier alpha value is -3.71. The molecule has 3 aliphatic rings. The molecule has 1 N–H and O–H groups in total. The fraction of sp³-hybridized carbons (Fsp3) is 0.263. The number of aromatic nitrogens is 1. The second kappa shape index (κ2) is 12.4. The summed E-state index contributed by atoms with van der Waals surface area (Å²) in [5.41, 5.74) is 4.87. The molecule has 6 heteroatoms. The highest BCUT2D eigenvalue weighted by Crippen LogP contribution is 2.43. The first-order chi connectivity index (χ1) is 21.5. The molecule has 0 amide bonds. The van der Waals surface area contributed by atoms with E-state index in [0.717, 1.165) is 53.5 Å². The van der Waals surface area contributed by atoms with Gasteiger partial charge < -0.3 is 9.41 Å². The van der Waals surface area contributed by atoms with Crippen molar-refractivity contribution in [1.82, 2.24) is 9.88 Å². The largest absolute Gasteiger partial charge is 0.539 e. The third-order valence-electron chi connectivity index (χ3n) is 9.41. The van der Waals surface area contributed by atoms with Crippen molar-refractivity contribution in [3.05, 3.63) is 132 Å². The van der Waals surface area contributed by atoms with Crippen LogP contribution < -0.4 is 5.19 Å². The summed E-state index contributed by atoms with van der Waals surface area (Å²) in [6.45, 7) is 6.66. The zero-order valence-electron chi connectivity index (χ0n) is 25.5. The van der Waals surface area contributed by atoms with Crippen LogP contribution >= 0.6 is 0 Å². The van der Waals surface area contributed by atoms with Gasteiger partial charge in [0, 0.05) is 40.5 Å². The molecule has 0 spiro atoms. The Morgan fingerprint density at radius 3 is 2.25 bits per heavy atom. The minimum atomic E-state index is -2.22. The summed E-state index contributed by atoms with van der Waals surface area (Å²) >= 11 is 0. The Morgan fingerprint density at radius 1 is 0.864 bits per heavy atom. The minimum absolute atomic E-state index is 0.351. The topological polar surface area (TPSA) is 45.3 Å². The van der Waals surface area contributed by atoms with E-state index in [-0.39, 0.29) is 0 Å². The van der Waals surface area contributed by atoms with E-state index in [0.29, 0.717) is 12.0 Å². The SMILES string of the molecule is C[Si](C)(O/C(=C1/CC2CCC1N(CCc1c(S(=O)c3ccccc3)[nH]c3ccccc13)C2)c1ccccc1)c1ccccc1. The van der Waals surface area contributed by atoms with Crippen LogP contribution in [0.5, 0.6) is 0 Å². The number of piperidine rings is 2. The van der Waals surface area contributed by atoms with Gasteiger partial charge in [-0.05, 0) is 79.2 Å². The van der Waals surface area contributed by atoms with Crippen molar-refractivity contribution in [1.29, 1.82) is 0 Å². The molecule has 4 nitrogen and oxygen atoms in total. The average Bonchev–Trinajstić information content (AvgIpc) is 3.46. The highest BCUT2D eigenvalue weighted by molar-refractivity contribution is 7.85. The van der Waals surface area contributed by atoms with Gasteiger partial charge in [-0.2, -0.15) is 0 Å². The summed E-state index contributed by atoms with van der Waals surface area (Å²) in [6, 6.07) is 40.1. The quantitative estimate of drug-likeness (QED) is 0.135. The molecule has 2 saturated heterocycles. The summed E-state index contributed by atoms with van der Waals surface area (Å²) < 4.78 is 21.0. The predicted molar refractivity (Wildman–Crippen MR) is 184 cm³/mol. The number of hydrogen-bond acceptors (Lipinski definition) is 3. The van der Waals surface area contributed by atoms with Crippen LogP contribution in [0.1, 0.15) is 30.4 Å². The molecule has 1 saturated carbocycles. The van der Waals surface area contributed by atoms with Crippen molar-refractivity contribution in [2.45, 2.75) is 54.7 Å². The zero-order chi connectivity index (χ0) is 30.1. The van der Waals surface area contributed by atoms with Gasteiger partial charge in [-0.25, -0.2) is 4.21 Å². The molecule has 2 aliphatic heterocycles. The molecular weight excluding hydrogens is 577 g/mol. The molecule has 1 aliphatic carbocycles. The molecule has 44 heavy (non-hydrogen) atoms. The first kappa shape index (κ1) is 29.0. The van der Waals surface area contributed by atoms with Gasteiger partial charge in [0.2, 0.25) is 0 Å². The van der Waals surface area contributed by atoms with Crippen molar-refractivity contribution < 1.29 is 8.63 Å². The van der Waals surface area contributed by atoms with Crippen molar-refractivity contribution in [2.75, 3.05) is 13.1 Å². The Balaban J connectivity index is 1.22. The van der Waals surface area contributed by atoms with Gasteiger partial charge in [0.1, 0.15) is 21.6 Å². The Kier molecular flexibility index (Phi) is 8.15. The fourth-order valence-corrected chi connectivity index (χ4v) is 10.3. The summed E-state index contributed by atoms with van der Waals surface area (Å²) in [5, 5.41) is 3.32. The lowest BCUT2D eigenvalue weighted by Crippen LogP contribution is -2.51. The van der Waals surface area contributed by atoms with Gasteiger partial charge in [-0.1, -0.05) is 97.1 Å². The standard InChI is InChI=1S/C38H40N2O2SSi/c1-44(2,31-18-10-5-11-19-31)42-37(29-14-6-3-7-15-29)34-26-28-22-23-36(34)40(27-28)25-24-33-32-20-12-13-21-35(32)39-38(33)43(41)30-16-8-4-9-17-30/h3-21,28,36,39H,22-27H2,1-2H3/b37-34-. The summed E-state index contributed by atoms with van der Waals surface area (Å²) in [4.78, 5) is 7.05. The number of para-hydroxylation sites is 1. The van der Waals surface area contributed by atoms with Crippen molar-refractivity contribution >= 4 is 41.0 Å². The summed E-state index contributed by atoms with van der Waals surface area (Å²) in [7, 11) is -3.49. The van der Waals surface area contributed by atoms with Crippen LogP contribution in [-0.2, 0) is 21.6 Å². The predicted octanol–water partition coefficient (Wildman–Crippen LogP) is 7.90. The highest BCUT2D eigenvalue weighted by Gasteiger charge is 2.40. The second-order valence-electron chi connectivity index (χ2n) is 12.7. The first-order valence-electron chi connectivity index (χ1n) is 15.8. The first-order valence-corrected chi connectivity index (χ1v) is 19.9. The number of H-pyrrole nitrogens is 1. The molecule has 3 heterocycles. The summed E-state index contributed by atoms with van der Waals surface area (Å²) in [6.07, 6.45) is 4.37. The maximum atomic E-state index is 13.8. The Bertz CT molecular complexity index is 1800. The van der Waals surface area contributed by atoms with E-state index >= 15 is 0 Å². The van der Waals surface area contributed by atoms with Crippen LogP contribution in [0.3, 0.4) is 0 Å². The molecule has 3 fully saturated rings. The maximum Gasteiger partial charge on any atom is 0.276 e. The lowest BCUT2D eigenvalue weighted by Gasteiger charge is -2.48. The van der Waals surface area contributed by atoms with Crippen LogP contribution in [0.15, 0.2) is 131 Å². The van der Waals surface area contributed by atoms with E-state index < -0.39 is 19.1 Å². The van der Waals surface area contributed by atoms with Crippen molar-refractivity contribution in [2.24, 2.45) is 5.92 Å². The molecule has 3 atom stereocenters. The van der Waals surface area contributed by atoms with Gasteiger partial charge in [0.25, 0.3) is 8.32 Å². The Labute approximate surface area is 264 Å². The smallest absolute Gasteiger partial charge is 0.276 e. The molecule has 1 aromatic heterocycles. The normalized spacial score (nSPS) is 20.5. The van der Waals surface area contributed by atoms with E-state index in [1.165, 1.54) is 33.7 Å². The molecule has 0 radical (unpaired) electrons. The van der Waals surface area contributed by atoms with E-state index in [9.17, 15) is 4.21 Å². The number of benzene rings is 4. The minimum Gasteiger partial charge on any atom is -0.539 e. The zero-order valence-corrected chi connectivity index (χ0v) is 27.4. The fourth-order valence-electron chi connectivity index (χ4n) is 7.18. The number of aromatic amines is 1. The Morgan fingerprint density at radius 2 is 1.52 bits per heavy atom. The molecule has 4 aromatic carbocycles. The molecular formula is C38H40N2O2SSi. The van der Waals surface area contributed by atoms with Crippen LogP contribution in [0.25, 0.3) is 16.7 Å². The van der Waals surface area contributed by atoms with Gasteiger partial charge in [0.15, 0.2) is 0 Å². The van der Waals surface area contributed by atoms with Gasteiger partial charge in [-0.15, -0.1) is 0 Å². The third kappa shape index (κ3) is 5.74. The van der Waals surface area contributed by atoms with E-state index in [1.54, 1.807) is 0 Å². The van der Waals surface area contributed by atoms with E-state index in [1.807, 2.05) is 36.4 Å². The van der Waals surface area contributed by atoms with Crippen LogP contribution in [0, 0.1) is 5.92 Å². The average molecular weight is 617 g/mol. The van der Waals surface area contributed by atoms with Crippen molar-refractivity contribution in [3.8, 4) is 0 Å². The van der Waals surface area contributed by atoms with E-state index in [2.05, 4.69) is 102 Å². The number of fused-ring (bicyclic) bond motifs is 4. The van der Waals surface area contributed by atoms with E-state index in [4.69, 9.17) is 4.43 Å². The van der Waals surface area contributed by atoms with Crippen LogP contribution in [0.4, 0.5) is 0 Å². The number of nitrogens with one attached hydrogen (secondary N) is 1. The van der Waals surface area contributed by atoms with Crippen LogP contribution in [0.2, 0.25) is 13.1 Å². The number of hydrogen-bond donors (Lipinski definition) is 1. The molecule has 8 rings (SSSR count). The molecule has 2 bridgehead atoms. The second-order valence-corrected chi connectivity index (χ2v) is 17.9. The van der Waals surface area contributed by atoms with Crippen LogP contribution in [-0.4, -0.2) is 41.5 Å². The number of rotatable bonds is 9. The number of nitrogens with zero attached hydrogens (tertiary/aromatic N) is 1. The highest BCUT2D eigenvalue weighted by atomic mass is 32.2. The molecule has 3 unspecified atom stereocenters. The maximum absolute atomic E-state index is 13.8. The third-order valence-corrected chi connectivity index (χ3v) is 13.3. The van der Waals surface area contributed by atoms with Gasteiger partial charge in [-0.3, -0.25) is 4.90 Å².